The highest BCUT2D eigenvalue weighted by Crippen LogP contribution is 2.26. The summed E-state index contributed by atoms with van der Waals surface area (Å²) in [6.45, 7) is 9.54. The monoisotopic (exact) mass is 476 g/mol. The van der Waals surface area contributed by atoms with Crippen molar-refractivity contribution in [2.24, 2.45) is 0 Å². The zero-order chi connectivity index (χ0) is 23.6. The van der Waals surface area contributed by atoms with Gasteiger partial charge in [0.15, 0.2) is 0 Å². The van der Waals surface area contributed by atoms with Crippen molar-refractivity contribution in [2.75, 3.05) is 18.4 Å². The van der Waals surface area contributed by atoms with Crippen molar-refractivity contribution in [2.45, 2.75) is 39.5 Å². The Bertz CT molecular complexity index is 1250. The van der Waals surface area contributed by atoms with Crippen LogP contribution in [0.2, 0.25) is 5.02 Å². The van der Waals surface area contributed by atoms with Gasteiger partial charge >= 0.3 is 0 Å². The van der Waals surface area contributed by atoms with E-state index in [1.54, 1.807) is 26.8 Å². The van der Waals surface area contributed by atoms with Crippen LogP contribution in [-0.2, 0) is 10.0 Å². The van der Waals surface area contributed by atoms with Crippen molar-refractivity contribution in [3.05, 3.63) is 58.0 Å². The van der Waals surface area contributed by atoms with Crippen LogP contribution >= 0.6 is 11.6 Å². The van der Waals surface area contributed by atoms with Gasteiger partial charge in [0, 0.05) is 36.1 Å². The largest absolute Gasteiger partial charge is 0.306 e. The highest BCUT2D eigenvalue weighted by Gasteiger charge is 2.26. The SMILES string of the molecule is CCN(CC)S(=O)(=O)c1cc(C(=O)Nc2cc(C)nn2-c2nc(C)cc(C)n2)ccc1Cl. The lowest BCUT2D eigenvalue weighted by Gasteiger charge is -2.19. The number of aryl methyl sites for hydroxylation is 3. The second-order valence-corrected chi connectivity index (χ2v) is 9.54. The van der Waals surface area contributed by atoms with Crippen LogP contribution in [0.3, 0.4) is 0 Å². The van der Waals surface area contributed by atoms with Gasteiger partial charge in [-0.1, -0.05) is 25.4 Å². The van der Waals surface area contributed by atoms with Gasteiger partial charge in [-0.25, -0.2) is 18.4 Å². The first kappa shape index (κ1) is 23.8. The molecule has 1 aromatic carbocycles. The number of amides is 1. The van der Waals surface area contributed by atoms with Crippen LogP contribution in [0.15, 0.2) is 35.2 Å². The molecule has 0 unspecified atom stereocenters. The number of rotatable bonds is 7. The number of sulfonamides is 1. The number of hydrogen-bond acceptors (Lipinski definition) is 6. The molecule has 0 aliphatic carbocycles. The molecule has 0 radical (unpaired) electrons. The molecule has 0 aliphatic rings. The smallest absolute Gasteiger partial charge is 0.256 e. The molecule has 0 atom stereocenters. The Hall–Kier alpha value is -2.82. The molecule has 1 amide bonds. The Morgan fingerprint density at radius 2 is 1.66 bits per heavy atom. The van der Waals surface area contributed by atoms with Gasteiger partial charge in [0.25, 0.3) is 11.9 Å². The number of carbonyl (C=O) groups is 1. The number of hydrogen-bond donors (Lipinski definition) is 1. The lowest BCUT2D eigenvalue weighted by atomic mass is 10.2. The minimum absolute atomic E-state index is 0.0537. The van der Waals surface area contributed by atoms with Crippen molar-refractivity contribution in [3.63, 3.8) is 0 Å². The van der Waals surface area contributed by atoms with Crippen LogP contribution in [0.1, 0.15) is 41.3 Å². The van der Waals surface area contributed by atoms with E-state index in [9.17, 15) is 13.2 Å². The number of benzene rings is 1. The van der Waals surface area contributed by atoms with E-state index < -0.39 is 15.9 Å². The summed E-state index contributed by atoms with van der Waals surface area (Å²) in [6.07, 6.45) is 0. The van der Waals surface area contributed by atoms with Crippen LogP contribution in [-0.4, -0.2) is 51.5 Å². The fourth-order valence-corrected chi connectivity index (χ4v) is 5.23. The Morgan fingerprint density at radius 1 is 1.03 bits per heavy atom. The second-order valence-electron chi connectivity index (χ2n) is 7.22. The molecule has 9 nitrogen and oxygen atoms in total. The highest BCUT2D eigenvalue weighted by atomic mass is 35.5. The van der Waals surface area contributed by atoms with Crippen LogP contribution in [0.4, 0.5) is 5.82 Å². The molecular weight excluding hydrogens is 452 g/mol. The minimum Gasteiger partial charge on any atom is -0.306 e. The molecule has 32 heavy (non-hydrogen) atoms. The first-order valence-corrected chi connectivity index (χ1v) is 11.9. The zero-order valence-corrected chi connectivity index (χ0v) is 20.1. The summed E-state index contributed by atoms with van der Waals surface area (Å²) in [7, 11) is -3.83. The van der Waals surface area contributed by atoms with Crippen molar-refractivity contribution in [3.8, 4) is 5.95 Å². The van der Waals surface area contributed by atoms with Gasteiger partial charge in [-0.2, -0.15) is 14.1 Å². The quantitative estimate of drug-likeness (QED) is 0.558. The normalized spacial score (nSPS) is 11.7. The van der Waals surface area contributed by atoms with Gasteiger partial charge in [0.2, 0.25) is 10.0 Å². The highest BCUT2D eigenvalue weighted by molar-refractivity contribution is 7.89. The summed E-state index contributed by atoms with van der Waals surface area (Å²) >= 11 is 6.17. The van der Waals surface area contributed by atoms with Crippen molar-refractivity contribution in [1.29, 1.82) is 0 Å². The summed E-state index contributed by atoms with van der Waals surface area (Å²) in [5, 5.41) is 7.20. The number of nitrogens with one attached hydrogen (secondary N) is 1. The lowest BCUT2D eigenvalue weighted by molar-refractivity contribution is 0.102. The third-order valence-corrected chi connectivity index (χ3v) is 7.28. The predicted molar refractivity (Wildman–Crippen MR) is 123 cm³/mol. The molecule has 3 aromatic rings. The third kappa shape index (κ3) is 4.82. The van der Waals surface area contributed by atoms with Gasteiger partial charge in [0.05, 0.1) is 10.7 Å². The Morgan fingerprint density at radius 3 is 2.25 bits per heavy atom. The van der Waals surface area contributed by atoms with Gasteiger partial charge < -0.3 is 5.32 Å². The fourth-order valence-electron chi connectivity index (χ4n) is 3.28. The third-order valence-electron chi connectivity index (χ3n) is 4.75. The molecule has 0 saturated heterocycles. The first-order chi connectivity index (χ1) is 15.1. The van der Waals surface area contributed by atoms with E-state index in [1.165, 1.54) is 27.2 Å². The van der Waals surface area contributed by atoms with Crippen molar-refractivity contribution >= 4 is 33.3 Å². The standard InChI is InChI=1S/C21H25ClN6O3S/c1-6-27(7-2)32(30,31)18-12-16(8-9-17(18)22)20(29)25-19-11-15(5)26-28(19)21-23-13(3)10-14(4)24-21/h8-12H,6-7H2,1-5H3,(H,25,29). The summed E-state index contributed by atoms with van der Waals surface area (Å²) in [6, 6.07) is 7.68. The molecule has 0 spiro atoms. The van der Waals surface area contributed by atoms with Gasteiger partial charge in [-0.3, -0.25) is 4.79 Å². The molecule has 3 rings (SSSR count). The van der Waals surface area contributed by atoms with Gasteiger partial charge in [-0.15, -0.1) is 0 Å². The zero-order valence-electron chi connectivity index (χ0n) is 18.5. The summed E-state index contributed by atoms with van der Waals surface area (Å²) in [4.78, 5) is 21.7. The number of carbonyl (C=O) groups excluding carboxylic acids is 1. The van der Waals surface area contributed by atoms with Crippen LogP contribution in [0.25, 0.3) is 5.95 Å². The Labute approximate surface area is 192 Å². The molecule has 0 bridgehead atoms. The van der Waals surface area contributed by atoms with E-state index in [-0.39, 0.29) is 15.5 Å². The number of halogens is 1. The average Bonchev–Trinajstić information content (AvgIpc) is 3.08. The number of anilines is 1. The fraction of sp³-hybridized carbons (Fsp3) is 0.333. The van der Waals surface area contributed by atoms with Crippen LogP contribution in [0, 0.1) is 20.8 Å². The molecule has 1 N–H and O–H groups in total. The second kappa shape index (κ2) is 9.35. The molecular formula is C21H25ClN6O3S. The summed E-state index contributed by atoms with van der Waals surface area (Å²) < 4.78 is 28.6. The first-order valence-electron chi connectivity index (χ1n) is 10.1. The minimum atomic E-state index is -3.83. The van der Waals surface area contributed by atoms with E-state index >= 15 is 0 Å². The molecule has 11 heteroatoms. The molecule has 170 valence electrons. The van der Waals surface area contributed by atoms with E-state index in [0.717, 1.165) is 11.4 Å². The lowest BCUT2D eigenvalue weighted by Crippen LogP contribution is -2.31. The van der Waals surface area contributed by atoms with E-state index in [4.69, 9.17) is 11.6 Å². The molecule has 0 fully saturated rings. The topological polar surface area (TPSA) is 110 Å². The molecule has 2 aromatic heterocycles. The average molecular weight is 477 g/mol. The summed E-state index contributed by atoms with van der Waals surface area (Å²) in [5.41, 5.74) is 2.33. The van der Waals surface area contributed by atoms with Gasteiger partial charge in [-0.05, 0) is 45.0 Å². The molecule has 0 saturated carbocycles. The Kier molecular flexibility index (Phi) is 6.97. The van der Waals surface area contributed by atoms with Crippen LogP contribution < -0.4 is 5.32 Å². The maximum Gasteiger partial charge on any atom is 0.256 e. The van der Waals surface area contributed by atoms with E-state index in [1.807, 2.05) is 19.9 Å². The maximum atomic E-state index is 13.0. The van der Waals surface area contributed by atoms with E-state index in [2.05, 4.69) is 20.4 Å². The number of aromatic nitrogens is 4. The maximum absolute atomic E-state index is 13.0. The van der Waals surface area contributed by atoms with E-state index in [0.29, 0.717) is 30.5 Å². The molecule has 0 aliphatic heterocycles. The van der Waals surface area contributed by atoms with Gasteiger partial charge in [0.1, 0.15) is 10.7 Å². The summed E-state index contributed by atoms with van der Waals surface area (Å²) in [5.74, 6) is 0.176. The Balaban J connectivity index is 1.97. The number of nitrogens with zero attached hydrogens (tertiary/aromatic N) is 5. The predicted octanol–water partition coefficient (Wildman–Crippen LogP) is 3.52. The molecule has 2 heterocycles. The van der Waals surface area contributed by atoms with Crippen LogP contribution in [0.5, 0.6) is 0 Å². The van der Waals surface area contributed by atoms with Crippen molar-refractivity contribution in [1.82, 2.24) is 24.1 Å². The van der Waals surface area contributed by atoms with Crippen molar-refractivity contribution < 1.29 is 13.2 Å².